The number of nitrogens with one attached hydrogen (secondary N) is 1. The van der Waals surface area contributed by atoms with Gasteiger partial charge >= 0.3 is 0 Å². The number of carbonyl (C=O) groups excluding carboxylic acids is 3. The number of hydrogen-bond acceptors (Lipinski definition) is 6. The molecule has 10 heteroatoms. The van der Waals surface area contributed by atoms with Gasteiger partial charge < -0.3 is 14.9 Å². The Bertz CT molecular complexity index is 2080. The van der Waals surface area contributed by atoms with Crippen molar-refractivity contribution >= 4 is 28.4 Å². The summed E-state index contributed by atoms with van der Waals surface area (Å²) >= 11 is 0. The van der Waals surface area contributed by atoms with Gasteiger partial charge in [-0.2, -0.15) is 5.10 Å². The molecule has 2 amide bonds. The average Bonchev–Trinajstić information content (AvgIpc) is 3.46. The number of rotatable bonds is 9. The fourth-order valence-corrected chi connectivity index (χ4v) is 12.6. The number of piperazine rings is 1. The molecule has 5 aliphatic rings. The molecular formula is C46H59FN4O5. The van der Waals surface area contributed by atoms with Gasteiger partial charge in [-0.05, 0) is 116 Å². The predicted octanol–water partition coefficient (Wildman–Crippen LogP) is 7.62. The van der Waals surface area contributed by atoms with Crippen LogP contribution < -0.4 is 5.56 Å². The zero-order valence-corrected chi connectivity index (χ0v) is 33.5. The van der Waals surface area contributed by atoms with Gasteiger partial charge in [0.15, 0.2) is 0 Å². The maximum Gasteiger partial charge on any atom is 0.272 e. The molecule has 9 nitrogen and oxygen atoms in total. The van der Waals surface area contributed by atoms with Gasteiger partial charge in [-0.25, -0.2) is 9.49 Å². The second-order valence-electron chi connectivity index (χ2n) is 18.9. The Kier molecular flexibility index (Phi) is 10.3. The highest BCUT2D eigenvalue weighted by molar-refractivity contribution is 5.95. The fourth-order valence-electron chi connectivity index (χ4n) is 12.6. The summed E-state index contributed by atoms with van der Waals surface area (Å²) in [5.41, 5.74) is 0.657. The van der Waals surface area contributed by atoms with Gasteiger partial charge in [0.25, 0.3) is 11.5 Å². The number of halogens is 1. The summed E-state index contributed by atoms with van der Waals surface area (Å²) < 4.78 is 15.0. The summed E-state index contributed by atoms with van der Waals surface area (Å²) in [6.45, 7) is 8.74. The molecule has 0 radical (unpaired) electrons. The number of aromatic amines is 1. The predicted molar refractivity (Wildman–Crippen MR) is 213 cm³/mol. The molecule has 4 saturated carbocycles. The molecular weight excluding hydrogens is 708 g/mol. The van der Waals surface area contributed by atoms with Gasteiger partial charge in [0.05, 0.1) is 22.2 Å². The van der Waals surface area contributed by atoms with Gasteiger partial charge in [-0.15, -0.1) is 0 Å². The number of unbranched alkanes of at least 4 members (excludes halogenated alkanes) is 2. The minimum Gasteiger partial charge on any atom is -0.389 e. The lowest BCUT2D eigenvalue weighted by atomic mass is 9.40. The first-order valence-corrected chi connectivity index (χ1v) is 21.3. The monoisotopic (exact) mass is 766 g/mol. The minimum atomic E-state index is -0.661. The first-order valence-electron chi connectivity index (χ1n) is 21.3. The Balaban J connectivity index is 0.798. The minimum absolute atomic E-state index is 0.00827. The molecule has 0 unspecified atom stereocenters. The maximum absolute atomic E-state index is 15.0. The number of fused-ring (bicyclic) bond motifs is 6. The topological polar surface area (TPSA) is 124 Å². The van der Waals surface area contributed by atoms with Crippen molar-refractivity contribution in [2.24, 2.45) is 34.0 Å². The summed E-state index contributed by atoms with van der Waals surface area (Å²) in [7, 11) is 0. The van der Waals surface area contributed by atoms with Gasteiger partial charge in [0, 0.05) is 57.2 Å². The van der Waals surface area contributed by atoms with E-state index in [-0.39, 0.29) is 33.3 Å². The average molecular weight is 767 g/mol. The third kappa shape index (κ3) is 6.61. The van der Waals surface area contributed by atoms with Crippen LogP contribution in [0.2, 0.25) is 0 Å². The molecule has 4 aliphatic carbocycles. The molecule has 1 saturated heterocycles. The van der Waals surface area contributed by atoms with E-state index in [1.54, 1.807) is 29.2 Å². The van der Waals surface area contributed by atoms with Crippen LogP contribution >= 0.6 is 0 Å². The van der Waals surface area contributed by atoms with Crippen molar-refractivity contribution in [3.63, 3.8) is 0 Å². The van der Waals surface area contributed by atoms with Gasteiger partial charge in [0.2, 0.25) is 5.91 Å². The molecule has 2 aromatic carbocycles. The summed E-state index contributed by atoms with van der Waals surface area (Å²) in [4.78, 5) is 54.9. The Morgan fingerprint density at radius 3 is 2.36 bits per heavy atom. The number of ketones is 1. The van der Waals surface area contributed by atoms with E-state index < -0.39 is 17.3 Å². The second kappa shape index (κ2) is 14.8. The van der Waals surface area contributed by atoms with E-state index in [4.69, 9.17) is 0 Å². The molecule has 2 heterocycles. The highest BCUT2D eigenvalue weighted by Gasteiger charge is 2.66. The van der Waals surface area contributed by atoms with Gasteiger partial charge in [0.1, 0.15) is 11.6 Å². The lowest BCUT2D eigenvalue weighted by Crippen LogP contribution is -2.59. The van der Waals surface area contributed by atoms with Gasteiger partial charge in [-0.1, -0.05) is 57.9 Å². The zero-order valence-electron chi connectivity index (χ0n) is 33.5. The molecule has 2 N–H and O–H groups in total. The number of hydrogen-bond donors (Lipinski definition) is 2. The molecule has 0 bridgehead atoms. The van der Waals surface area contributed by atoms with E-state index in [0.29, 0.717) is 84.6 Å². The van der Waals surface area contributed by atoms with E-state index in [1.807, 2.05) is 17.0 Å². The first-order chi connectivity index (χ1) is 26.8. The Labute approximate surface area is 329 Å². The third-order valence-electron chi connectivity index (χ3n) is 16.3. The summed E-state index contributed by atoms with van der Waals surface area (Å²) in [5, 5.41) is 20.2. The van der Waals surface area contributed by atoms with Crippen molar-refractivity contribution in [2.75, 3.05) is 26.2 Å². The van der Waals surface area contributed by atoms with Crippen molar-refractivity contribution in [1.29, 1.82) is 0 Å². The number of H-pyrrole nitrogens is 1. The van der Waals surface area contributed by atoms with Crippen LogP contribution in [0.4, 0.5) is 4.39 Å². The lowest BCUT2D eigenvalue weighted by molar-refractivity contribution is -0.179. The highest BCUT2D eigenvalue weighted by Crippen LogP contribution is 2.71. The van der Waals surface area contributed by atoms with Gasteiger partial charge in [-0.3, -0.25) is 19.2 Å². The van der Waals surface area contributed by atoms with E-state index >= 15 is 4.39 Å². The standard InChI is InChI=1S/C46H59FN4O5/c1-43-19-15-34-36(44(43,2)20-14-31(52)29-43)16-21-45(3)37(34)17-22-46(45,56)18-8-4-5-11-40(53)50-23-25-51(26-24-50)42(55)35-27-30(12-13-38(35)47)28-39-32-9-6-7-10-33(32)41(54)49-48-39/h6-7,9-10,12-13,27,34,36-37,56H,4-5,8,11,14-26,28-29H2,1-3H3,(H,49,54)/t34-,36+,37+,43+,44-,45+,46+/m0/s1. The highest BCUT2D eigenvalue weighted by atomic mass is 19.1. The number of nitrogens with zero attached hydrogens (tertiary/aromatic N) is 3. The van der Waals surface area contributed by atoms with E-state index in [1.165, 1.54) is 12.5 Å². The number of aliphatic hydroxyl groups is 1. The smallest absolute Gasteiger partial charge is 0.272 e. The van der Waals surface area contributed by atoms with E-state index in [9.17, 15) is 24.3 Å². The Morgan fingerprint density at radius 2 is 1.57 bits per heavy atom. The van der Waals surface area contributed by atoms with Crippen molar-refractivity contribution in [3.8, 4) is 0 Å². The van der Waals surface area contributed by atoms with Crippen molar-refractivity contribution in [2.45, 2.75) is 123 Å². The van der Waals surface area contributed by atoms with Crippen LogP contribution in [0.3, 0.4) is 0 Å². The van der Waals surface area contributed by atoms with Crippen molar-refractivity contribution < 1.29 is 23.9 Å². The number of aromatic nitrogens is 2. The summed E-state index contributed by atoms with van der Waals surface area (Å²) in [6, 6.07) is 11.7. The Hall–Kier alpha value is -3.92. The second-order valence-corrected chi connectivity index (χ2v) is 18.9. The number of carbonyl (C=O) groups is 3. The fraction of sp³-hybridized carbons (Fsp3) is 0.630. The van der Waals surface area contributed by atoms with E-state index in [2.05, 4.69) is 31.0 Å². The van der Waals surface area contributed by atoms with Crippen LogP contribution in [0.15, 0.2) is 47.3 Å². The van der Waals surface area contributed by atoms with Crippen LogP contribution in [0.1, 0.15) is 132 Å². The van der Waals surface area contributed by atoms with Crippen molar-refractivity contribution in [1.82, 2.24) is 20.0 Å². The first kappa shape index (κ1) is 38.9. The quantitative estimate of drug-likeness (QED) is 0.216. The normalized spacial score (nSPS) is 32.9. The van der Waals surface area contributed by atoms with Crippen molar-refractivity contribution in [3.05, 3.63) is 75.5 Å². The number of Topliss-reactive ketones (excluding diaryl/α,β-unsaturated/α-hetero) is 1. The Morgan fingerprint density at radius 1 is 0.857 bits per heavy atom. The number of benzene rings is 2. The molecule has 8 rings (SSSR count). The number of amides is 2. The molecule has 3 aromatic rings. The molecule has 1 aliphatic heterocycles. The SMILES string of the molecule is C[C@]12CC[C@H]3[C@@H](CC[C@]4(C)[C@@H]3CC[C@]4(O)CCCCCC(=O)N3CCN(C(=O)c4cc(Cc5n[nH]c(=O)c6ccccc56)ccc4F)CC3)[C@]1(C)CCC(=O)C2. The van der Waals surface area contributed by atoms with E-state index in [0.717, 1.165) is 77.0 Å². The molecule has 56 heavy (non-hydrogen) atoms. The molecule has 1 aromatic heterocycles. The molecule has 7 atom stereocenters. The molecule has 0 spiro atoms. The lowest BCUT2D eigenvalue weighted by Gasteiger charge is -2.64. The summed E-state index contributed by atoms with van der Waals surface area (Å²) in [5.74, 6) is 1.36. The van der Waals surface area contributed by atoms with Crippen LogP contribution in [-0.4, -0.2) is 74.5 Å². The zero-order chi connectivity index (χ0) is 39.5. The van der Waals surface area contributed by atoms with Crippen LogP contribution in [0.25, 0.3) is 10.8 Å². The molecule has 5 fully saturated rings. The maximum atomic E-state index is 15.0. The third-order valence-corrected chi connectivity index (χ3v) is 16.3. The van der Waals surface area contributed by atoms with Crippen LogP contribution in [0.5, 0.6) is 0 Å². The molecule has 300 valence electrons. The van der Waals surface area contributed by atoms with Crippen LogP contribution in [0, 0.1) is 39.8 Å². The van der Waals surface area contributed by atoms with Crippen LogP contribution in [-0.2, 0) is 16.0 Å². The summed E-state index contributed by atoms with van der Waals surface area (Å²) in [6.07, 6.45) is 13.1. The largest absolute Gasteiger partial charge is 0.389 e.